The lowest BCUT2D eigenvalue weighted by Gasteiger charge is -2.46. The normalized spacial score (nSPS) is 19.7. The highest BCUT2D eigenvalue weighted by Gasteiger charge is 2.43. The maximum absolute atomic E-state index is 12.9. The van der Waals surface area contributed by atoms with Crippen molar-refractivity contribution in [2.75, 3.05) is 6.61 Å². The molecule has 0 radical (unpaired) electrons. The topological polar surface area (TPSA) is 464 Å². The van der Waals surface area contributed by atoms with Crippen LogP contribution >= 0.6 is 0 Å². The van der Waals surface area contributed by atoms with Crippen LogP contribution in [0.5, 0.6) is 24.0 Å². The summed E-state index contributed by atoms with van der Waals surface area (Å²) >= 11 is 0. The van der Waals surface area contributed by atoms with Crippen molar-refractivity contribution in [2.24, 2.45) is 32.5 Å². The Balaban J connectivity index is 0.000000162. The lowest BCUT2D eigenvalue weighted by Crippen LogP contribution is -2.55. The molecule has 8 aromatic heterocycles. The maximum atomic E-state index is 12.9. The monoisotopic (exact) mass is 1870 g/mol. The molecule has 8 fully saturated rings. The Morgan fingerprint density at radius 2 is 0.794 bits per heavy atom. The number of rotatable bonds is 25. The third-order valence-electron chi connectivity index (χ3n) is 27.2. The predicted octanol–water partition coefficient (Wildman–Crippen LogP) is 18.6. The van der Waals surface area contributed by atoms with Crippen LogP contribution in [0, 0.1) is 23.2 Å². The van der Waals surface area contributed by atoms with E-state index in [0.29, 0.717) is 146 Å². The number of hydrogen-bond acceptors (Lipinski definition) is 28. The molecule has 4 saturated heterocycles. The summed E-state index contributed by atoms with van der Waals surface area (Å²) in [7, 11) is 0. The molecule has 0 spiro atoms. The van der Waals surface area contributed by atoms with E-state index in [1.807, 2.05) is 53.1 Å². The number of piperidine rings is 4. The van der Waals surface area contributed by atoms with E-state index in [9.17, 15) is 53.2 Å². The van der Waals surface area contributed by atoms with E-state index < -0.39 is 50.2 Å². The molecule has 2 amide bonds. The molecule has 8 aliphatic rings. The van der Waals surface area contributed by atoms with E-state index in [2.05, 4.69) is 105 Å². The highest BCUT2D eigenvalue weighted by Crippen LogP contribution is 2.41. The van der Waals surface area contributed by atoms with Gasteiger partial charge in [0.25, 0.3) is 22.2 Å². The molecule has 4 saturated carbocycles. The number of nitrogens with zero attached hydrogens (tertiary/aromatic N) is 11. The van der Waals surface area contributed by atoms with Gasteiger partial charge >= 0.3 is 52.6 Å². The fourth-order valence-electron chi connectivity index (χ4n) is 20.3. The fraction of sp³-hybridized carbons (Fsp3) is 0.539. The zero-order chi connectivity index (χ0) is 92.9. The number of amides is 2. The molecule has 4 bridgehead atoms. The van der Waals surface area contributed by atoms with Crippen LogP contribution in [0.25, 0.3) is 44.4 Å². The molecule has 10 aromatic rings. The Hall–Kier alpha value is -13.1. The SMILES string of the molecule is C.C.C.CCCCCc1cc(=O)oc2nc(ON=C3CC4CCCC(C3)N4C(=O)CC)[nH]c(=O)c12.CCCCc1cc(=O)oc2nc(ON=C3CCC(c4ccccc4)CC3)[nH]c(=O)c12.CCOC(=O)N1C2CCCC1CC(=NOc1nc3oc(=O)cc(CCC4CCCCC4)c3c(=O)[nH]1)C2.N#CC1(c2ccccc2)CCC(=NOc2nc3oc(=O)cc(CCC4CCCC4)c3c(=O)[nH]2)CC1. The summed E-state index contributed by atoms with van der Waals surface area (Å²) in [6.45, 7) is 8.18. The third-order valence-corrected chi connectivity index (χ3v) is 27.2. The largest absolute Gasteiger partial charge is 0.450 e. The number of carbonyl (C=O) groups excluding carboxylic acids is 2. The van der Waals surface area contributed by atoms with Gasteiger partial charge in [-0.2, -0.15) is 25.2 Å². The minimum absolute atomic E-state index is 0. The van der Waals surface area contributed by atoms with Gasteiger partial charge in [-0.05, 0) is 199 Å². The standard InChI is InChI=1S/C27H28N4O4.C26H34N4O6.C23H30N4O5.C23H25N3O4.3CH4/c28-17-27(20-8-2-1-3-9-20)14-12-21(13-15-27)31-35-26-29-24(33)23-19(11-10-18-6-4-5-7-18)16-22(32)34-25(23)30-26;1-2-34-26(33)30-19-9-6-10-20(30)15-18(14-19)29-36-25-27-23(32)22-17(13-21(31)35-24(22)28-25)12-11-16-7-4-3-5-8-16;1-3-5-6-8-14-11-19(29)31-22-20(14)21(30)24-23(25-22)32-26-15-12-16-9-7-10-17(13-15)27(16)18(28)4-2;1-2-3-7-17-14-19(27)29-22-20(17)21(28)24-23(25-22)30-26-18-12-10-16(11-13-18)15-8-5-4-6-9-15;;;/h1-3,8-9,16,18H,4-7,10-15H2,(H,29,30,33);13,16,19-20H,2-12,14-15H2,1H3,(H,27,28,32);11,16-17H,3-10,12-13H2,1-2H3,(H,24,25,30);4-6,8-9,14,16H,2-3,7,10-13H2,1H3,(H,24,25,28);3*1H4. The number of hydrogen-bond donors (Lipinski definition) is 4. The van der Waals surface area contributed by atoms with E-state index in [0.717, 1.165) is 138 Å². The number of carbonyl (C=O) groups is 2. The van der Waals surface area contributed by atoms with E-state index in [4.69, 9.17) is 41.8 Å². The number of aryl methyl sites for hydroxylation is 4. The van der Waals surface area contributed by atoms with Crippen LogP contribution in [0.15, 0.2) is 162 Å². The fourth-order valence-corrected chi connectivity index (χ4v) is 20.3. The summed E-state index contributed by atoms with van der Waals surface area (Å²) in [5, 5.41) is 27.9. The number of aromatic nitrogens is 8. The van der Waals surface area contributed by atoms with E-state index in [-0.39, 0.29) is 111 Å². The number of unbranched alkanes of at least 4 members (excludes halogenated alkanes) is 3. The zero-order valence-corrected chi connectivity index (χ0v) is 76.1. The van der Waals surface area contributed by atoms with Gasteiger partial charge in [0.05, 0.1) is 40.9 Å². The number of ether oxygens (including phenoxy) is 1. The van der Waals surface area contributed by atoms with Crippen molar-refractivity contribution in [2.45, 2.75) is 336 Å². The Morgan fingerprint density at radius 1 is 0.434 bits per heavy atom. The van der Waals surface area contributed by atoms with Gasteiger partial charge in [0.1, 0.15) is 21.5 Å². The molecule has 726 valence electrons. The molecule has 34 heteroatoms. The number of nitrogens with one attached hydrogen (secondary N) is 4. The van der Waals surface area contributed by atoms with Gasteiger partial charge in [-0.15, -0.1) is 0 Å². The second-order valence-corrected chi connectivity index (χ2v) is 36.2. The molecule has 18 rings (SSSR count). The van der Waals surface area contributed by atoms with Crippen LogP contribution in [0.2, 0.25) is 0 Å². The van der Waals surface area contributed by atoms with Crippen molar-refractivity contribution in [3.05, 3.63) is 201 Å². The van der Waals surface area contributed by atoms with Gasteiger partial charge in [-0.3, -0.25) is 43.9 Å². The van der Waals surface area contributed by atoms with Crippen molar-refractivity contribution in [3.63, 3.8) is 0 Å². The van der Waals surface area contributed by atoms with Gasteiger partial charge in [-0.25, -0.2) is 24.0 Å². The molecule has 4 aliphatic heterocycles. The number of oxime groups is 4. The quantitative estimate of drug-likeness (QED) is 0.0305. The molecule has 136 heavy (non-hydrogen) atoms. The first-order chi connectivity index (χ1) is 64.7. The summed E-state index contributed by atoms with van der Waals surface area (Å²) in [6, 6.07) is 28.2. The second-order valence-electron chi connectivity index (χ2n) is 36.2. The van der Waals surface area contributed by atoms with Crippen LogP contribution in [0.3, 0.4) is 0 Å². The lowest BCUT2D eigenvalue weighted by molar-refractivity contribution is -0.138. The number of H-pyrrole nitrogens is 4. The molecular formula is C102H129N15O19. The van der Waals surface area contributed by atoms with Crippen LogP contribution in [0.4, 0.5) is 4.79 Å². The van der Waals surface area contributed by atoms with Crippen molar-refractivity contribution in [3.8, 4) is 30.1 Å². The molecule has 12 heterocycles. The van der Waals surface area contributed by atoms with E-state index in [1.54, 1.807) is 6.92 Å². The summed E-state index contributed by atoms with van der Waals surface area (Å²) in [5.74, 6) is 1.98. The summed E-state index contributed by atoms with van der Waals surface area (Å²) in [6.07, 6.45) is 34.9. The summed E-state index contributed by atoms with van der Waals surface area (Å²) < 4.78 is 26.0. The van der Waals surface area contributed by atoms with Crippen LogP contribution in [-0.2, 0) is 40.6 Å². The Bertz CT molecular complexity index is 6440. The Kier molecular flexibility index (Phi) is 36.2. The van der Waals surface area contributed by atoms with Gasteiger partial charge in [0.15, 0.2) is 0 Å². The molecule has 4 unspecified atom stereocenters. The maximum Gasteiger partial charge on any atom is 0.410 e. The molecule has 4 N–H and O–H groups in total. The molecule has 2 aromatic carbocycles. The number of benzene rings is 2. The molecule has 4 aliphatic carbocycles. The van der Waals surface area contributed by atoms with Crippen molar-refractivity contribution in [1.29, 1.82) is 5.26 Å². The summed E-state index contributed by atoms with van der Waals surface area (Å²) in [4.78, 5) is 177. The average Bonchev–Trinajstić information content (AvgIpc) is 0.808. The lowest BCUT2D eigenvalue weighted by atomic mass is 9.70. The van der Waals surface area contributed by atoms with Gasteiger partial charge in [0.2, 0.25) is 28.8 Å². The number of aromatic amines is 4. The molecule has 4 atom stereocenters. The van der Waals surface area contributed by atoms with Crippen molar-refractivity contribution in [1.82, 2.24) is 49.7 Å². The smallest absolute Gasteiger partial charge is 0.410 e. The van der Waals surface area contributed by atoms with Crippen LogP contribution in [-0.4, -0.2) is 115 Å². The highest BCUT2D eigenvalue weighted by atomic mass is 16.7. The van der Waals surface area contributed by atoms with Crippen molar-refractivity contribution < 1.29 is 51.3 Å². The predicted molar refractivity (Wildman–Crippen MR) is 520 cm³/mol. The second kappa shape index (κ2) is 48.4. The Morgan fingerprint density at radius 3 is 1.18 bits per heavy atom. The van der Waals surface area contributed by atoms with Crippen LogP contribution < -0.4 is 64.1 Å². The minimum atomic E-state index is -0.542. The van der Waals surface area contributed by atoms with E-state index >= 15 is 0 Å². The molecule has 34 nitrogen and oxygen atoms in total. The third kappa shape index (κ3) is 25.5. The first-order valence-corrected chi connectivity index (χ1v) is 47.7. The first kappa shape index (κ1) is 102. The first-order valence-electron chi connectivity index (χ1n) is 47.7. The zero-order valence-electron chi connectivity index (χ0n) is 76.1. The van der Waals surface area contributed by atoms with Gasteiger partial charge in [-0.1, -0.05) is 201 Å². The number of nitriles is 1. The average molecular weight is 1870 g/mol. The number of fused-ring (bicyclic) bond motifs is 8. The van der Waals surface area contributed by atoms with E-state index in [1.165, 1.54) is 87.6 Å². The van der Waals surface area contributed by atoms with Gasteiger partial charge in [0, 0.05) is 80.5 Å². The van der Waals surface area contributed by atoms with Crippen molar-refractivity contribution >= 4 is 79.2 Å². The summed E-state index contributed by atoms with van der Waals surface area (Å²) in [5.41, 5.74) is 3.94. The Labute approximate surface area is 788 Å². The van der Waals surface area contributed by atoms with Gasteiger partial charge < -0.3 is 51.6 Å². The highest BCUT2D eigenvalue weighted by molar-refractivity contribution is 5.90. The molecular weight excluding hydrogens is 1740 g/mol. The minimum Gasteiger partial charge on any atom is -0.450 e. The van der Waals surface area contributed by atoms with Crippen LogP contribution in [0.1, 0.15) is 314 Å².